The van der Waals surface area contributed by atoms with Crippen molar-refractivity contribution in [1.29, 1.82) is 0 Å². The Morgan fingerprint density at radius 2 is 2.00 bits per heavy atom. The average Bonchev–Trinajstić information content (AvgIpc) is 2.55. The summed E-state index contributed by atoms with van der Waals surface area (Å²) in [6.45, 7) is 3.28. The molecule has 1 aromatic rings. The molecule has 23 heavy (non-hydrogen) atoms. The van der Waals surface area contributed by atoms with Crippen molar-refractivity contribution in [3.05, 3.63) is 22.7 Å². The molecule has 0 aliphatic carbocycles. The molecule has 0 spiro atoms. The summed E-state index contributed by atoms with van der Waals surface area (Å²) in [7, 11) is 1.42. The summed E-state index contributed by atoms with van der Waals surface area (Å²) in [4.78, 5) is 26.0. The first-order chi connectivity index (χ1) is 10.9. The third kappa shape index (κ3) is 4.28. The number of hydrogen-bond acceptors (Lipinski definition) is 5. The number of likely N-dealkylation sites (tertiary alicyclic amines) is 1. The lowest BCUT2D eigenvalue weighted by molar-refractivity contribution is -0.135. The van der Waals surface area contributed by atoms with Gasteiger partial charge in [0.1, 0.15) is 11.3 Å². The van der Waals surface area contributed by atoms with Gasteiger partial charge in [-0.25, -0.2) is 4.79 Å². The molecule has 0 atom stereocenters. The summed E-state index contributed by atoms with van der Waals surface area (Å²) < 4.78 is 10.2. The molecule has 1 heterocycles. The molecule has 7 heteroatoms. The highest BCUT2D eigenvalue weighted by Crippen LogP contribution is 2.29. The molecule has 1 aromatic carbocycles. The first kappa shape index (κ1) is 17.4. The summed E-state index contributed by atoms with van der Waals surface area (Å²) in [5, 5.41) is 0.231. The van der Waals surface area contributed by atoms with Crippen molar-refractivity contribution >= 4 is 29.2 Å². The van der Waals surface area contributed by atoms with Crippen molar-refractivity contribution in [3.63, 3.8) is 0 Å². The maximum absolute atomic E-state index is 12.2. The van der Waals surface area contributed by atoms with Crippen molar-refractivity contribution in [2.75, 3.05) is 32.5 Å². The molecule has 0 bridgehead atoms. The van der Waals surface area contributed by atoms with Crippen LogP contribution in [-0.2, 0) is 9.53 Å². The molecule has 1 fully saturated rings. The Kier molecular flexibility index (Phi) is 5.71. The smallest absolute Gasteiger partial charge is 0.342 e. The Hall–Kier alpha value is -1.95. The zero-order valence-electron chi connectivity index (χ0n) is 13.3. The lowest BCUT2D eigenvalue weighted by Crippen LogP contribution is -2.40. The van der Waals surface area contributed by atoms with Gasteiger partial charge in [-0.2, -0.15) is 0 Å². The number of ether oxygens (including phenoxy) is 2. The van der Waals surface area contributed by atoms with Crippen LogP contribution in [-0.4, -0.2) is 43.6 Å². The molecule has 0 aromatic heterocycles. The van der Waals surface area contributed by atoms with E-state index in [1.807, 2.05) is 0 Å². The molecule has 2 rings (SSSR count). The van der Waals surface area contributed by atoms with Gasteiger partial charge in [-0.15, -0.1) is 0 Å². The first-order valence-electron chi connectivity index (χ1n) is 7.50. The highest BCUT2D eigenvalue weighted by Gasteiger charge is 2.22. The van der Waals surface area contributed by atoms with Gasteiger partial charge in [-0.1, -0.05) is 18.5 Å². The predicted octanol–water partition coefficient (Wildman–Crippen LogP) is 2.35. The molecule has 2 N–H and O–H groups in total. The molecule has 1 saturated heterocycles. The molecule has 1 aliphatic heterocycles. The Morgan fingerprint density at radius 1 is 1.35 bits per heavy atom. The number of nitrogen functional groups attached to an aromatic ring is 1. The van der Waals surface area contributed by atoms with E-state index in [9.17, 15) is 9.59 Å². The van der Waals surface area contributed by atoms with Crippen LogP contribution in [0.5, 0.6) is 5.75 Å². The van der Waals surface area contributed by atoms with E-state index in [0.29, 0.717) is 24.7 Å². The third-order valence-electron chi connectivity index (χ3n) is 4.00. The van der Waals surface area contributed by atoms with E-state index >= 15 is 0 Å². The topological polar surface area (TPSA) is 81.9 Å². The second-order valence-corrected chi connectivity index (χ2v) is 6.12. The Labute approximate surface area is 140 Å². The fourth-order valence-electron chi connectivity index (χ4n) is 2.45. The molecular formula is C16H21ClN2O4. The predicted molar refractivity (Wildman–Crippen MR) is 87.7 cm³/mol. The van der Waals surface area contributed by atoms with Gasteiger partial charge in [0.05, 0.1) is 17.8 Å². The maximum atomic E-state index is 12.2. The van der Waals surface area contributed by atoms with Crippen molar-refractivity contribution in [1.82, 2.24) is 4.90 Å². The second kappa shape index (κ2) is 7.55. The first-order valence-corrected chi connectivity index (χ1v) is 7.88. The van der Waals surface area contributed by atoms with Crippen molar-refractivity contribution in [2.24, 2.45) is 5.92 Å². The van der Waals surface area contributed by atoms with E-state index < -0.39 is 5.97 Å². The van der Waals surface area contributed by atoms with Gasteiger partial charge in [-0.3, -0.25) is 4.79 Å². The van der Waals surface area contributed by atoms with Crippen molar-refractivity contribution < 1.29 is 19.1 Å². The van der Waals surface area contributed by atoms with Crippen LogP contribution in [0.25, 0.3) is 0 Å². The molecule has 6 nitrogen and oxygen atoms in total. The number of carbonyl (C=O) groups excluding carboxylic acids is 2. The lowest BCUT2D eigenvalue weighted by Gasteiger charge is -2.30. The molecule has 126 valence electrons. The molecule has 0 saturated carbocycles. The van der Waals surface area contributed by atoms with Crippen LogP contribution in [0, 0.1) is 5.92 Å². The van der Waals surface area contributed by atoms with Crippen LogP contribution in [0.4, 0.5) is 5.69 Å². The average molecular weight is 341 g/mol. The minimum Gasteiger partial charge on any atom is -0.496 e. The second-order valence-electron chi connectivity index (χ2n) is 5.71. The lowest BCUT2D eigenvalue weighted by atomic mass is 9.99. The van der Waals surface area contributed by atoms with E-state index in [0.717, 1.165) is 12.8 Å². The summed E-state index contributed by atoms with van der Waals surface area (Å²) in [5.74, 6) is 0.0344. The fourth-order valence-corrected chi connectivity index (χ4v) is 2.62. The number of nitrogens with two attached hydrogens (primary N) is 1. The third-order valence-corrected chi connectivity index (χ3v) is 4.33. The minimum absolute atomic E-state index is 0.145. The van der Waals surface area contributed by atoms with Gasteiger partial charge in [-0.05, 0) is 24.8 Å². The van der Waals surface area contributed by atoms with Crippen LogP contribution in [0.2, 0.25) is 5.02 Å². The van der Waals surface area contributed by atoms with Crippen LogP contribution in [0.1, 0.15) is 30.1 Å². The summed E-state index contributed by atoms with van der Waals surface area (Å²) in [5.41, 5.74) is 6.12. The van der Waals surface area contributed by atoms with Gasteiger partial charge in [0.25, 0.3) is 5.91 Å². The number of methoxy groups -OCH3 is 1. The number of piperidine rings is 1. The highest BCUT2D eigenvalue weighted by atomic mass is 35.5. The van der Waals surface area contributed by atoms with Crippen molar-refractivity contribution in [2.45, 2.75) is 19.8 Å². The van der Waals surface area contributed by atoms with Crippen LogP contribution >= 0.6 is 11.6 Å². The SMILES string of the molecule is COc1cc(N)c(Cl)cc1C(=O)OCC(=O)N1CCC(C)CC1. The monoisotopic (exact) mass is 340 g/mol. The van der Waals surface area contributed by atoms with Gasteiger partial charge in [0, 0.05) is 19.2 Å². The quantitative estimate of drug-likeness (QED) is 0.672. The summed E-state index contributed by atoms with van der Waals surface area (Å²) in [6.07, 6.45) is 1.95. The molecular weight excluding hydrogens is 320 g/mol. The molecule has 1 amide bonds. The Balaban J connectivity index is 1.97. The molecule has 0 radical (unpaired) electrons. The fraction of sp³-hybridized carbons (Fsp3) is 0.500. The van der Waals surface area contributed by atoms with Crippen molar-refractivity contribution in [3.8, 4) is 5.75 Å². The number of halogens is 1. The van der Waals surface area contributed by atoms with Crippen LogP contribution in [0.15, 0.2) is 12.1 Å². The molecule has 0 unspecified atom stereocenters. The summed E-state index contributed by atoms with van der Waals surface area (Å²) in [6, 6.07) is 2.83. The van der Waals surface area contributed by atoms with E-state index in [1.165, 1.54) is 19.2 Å². The number of anilines is 1. The number of carbonyl (C=O) groups is 2. The van der Waals surface area contributed by atoms with Crippen LogP contribution < -0.4 is 10.5 Å². The number of amides is 1. The Bertz CT molecular complexity index is 598. The summed E-state index contributed by atoms with van der Waals surface area (Å²) >= 11 is 5.92. The highest BCUT2D eigenvalue weighted by molar-refractivity contribution is 6.33. The van der Waals surface area contributed by atoms with E-state index in [4.69, 9.17) is 26.8 Å². The largest absolute Gasteiger partial charge is 0.496 e. The number of esters is 1. The van der Waals surface area contributed by atoms with Gasteiger partial charge in [0.15, 0.2) is 6.61 Å². The number of benzene rings is 1. The van der Waals surface area contributed by atoms with Crippen LogP contribution in [0.3, 0.4) is 0 Å². The van der Waals surface area contributed by atoms with E-state index in [2.05, 4.69) is 6.92 Å². The van der Waals surface area contributed by atoms with E-state index in [-0.39, 0.29) is 28.8 Å². The zero-order chi connectivity index (χ0) is 17.0. The maximum Gasteiger partial charge on any atom is 0.342 e. The number of rotatable bonds is 4. The Morgan fingerprint density at radius 3 is 2.61 bits per heavy atom. The zero-order valence-corrected chi connectivity index (χ0v) is 14.1. The molecule has 1 aliphatic rings. The van der Waals surface area contributed by atoms with Gasteiger partial charge >= 0.3 is 5.97 Å². The van der Waals surface area contributed by atoms with Gasteiger partial charge in [0.2, 0.25) is 0 Å². The normalized spacial score (nSPS) is 15.3. The van der Waals surface area contributed by atoms with Gasteiger partial charge < -0.3 is 20.1 Å². The number of hydrogen-bond donors (Lipinski definition) is 1. The van der Waals surface area contributed by atoms with E-state index in [1.54, 1.807) is 4.90 Å². The number of nitrogens with zero attached hydrogens (tertiary/aromatic N) is 1. The standard InChI is InChI=1S/C16H21ClN2O4/c1-10-3-5-19(6-4-10)15(20)9-23-16(21)11-7-12(17)13(18)8-14(11)22-2/h7-8,10H,3-6,9,18H2,1-2H3. The minimum atomic E-state index is -0.664.